The van der Waals surface area contributed by atoms with Gasteiger partial charge >= 0.3 is 6.36 Å². The highest BCUT2D eigenvalue weighted by atomic mass is 79.9. The van der Waals surface area contributed by atoms with Crippen LogP contribution in [-0.2, 0) is 0 Å². The van der Waals surface area contributed by atoms with Crippen molar-refractivity contribution in [1.82, 2.24) is 5.32 Å². The highest BCUT2D eigenvalue weighted by molar-refractivity contribution is 9.10. The molecule has 0 bridgehead atoms. The van der Waals surface area contributed by atoms with Crippen molar-refractivity contribution in [3.8, 4) is 5.75 Å². The third-order valence-electron chi connectivity index (χ3n) is 2.70. The summed E-state index contributed by atoms with van der Waals surface area (Å²) in [6, 6.07) is 7.18. The first-order valence-electron chi connectivity index (χ1n) is 5.67. The predicted octanol–water partition coefficient (Wildman–Crippen LogP) is 4.25. The van der Waals surface area contributed by atoms with Crippen LogP contribution in [0.2, 0.25) is 0 Å². The smallest absolute Gasteiger partial charge is 0.457 e. The lowest BCUT2D eigenvalue weighted by Crippen LogP contribution is -2.22. The number of halogens is 4. The Kier molecular flexibility index (Phi) is 4.39. The standard InChI is InChI=1S/C13H11BrF3NO2/c1-18-11(9-6-7-19-12(9)14)8-4-2-3-5-10(8)20-13(15,16)17/h2-7,11,18H,1H3. The van der Waals surface area contributed by atoms with Gasteiger partial charge in [-0.25, -0.2) is 0 Å². The molecule has 1 atom stereocenters. The van der Waals surface area contributed by atoms with E-state index in [9.17, 15) is 13.2 Å². The van der Waals surface area contributed by atoms with E-state index in [4.69, 9.17) is 4.42 Å². The Bertz CT molecular complexity index is 583. The zero-order chi connectivity index (χ0) is 14.8. The van der Waals surface area contributed by atoms with E-state index in [1.807, 2.05) is 0 Å². The van der Waals surface area contributed by atoms with Crippen LogP contribution in [0.15, 0.2) is 45.7 Å². The zero-order valence-corrected chi connectivity index (χ0v) is 12.0. The number of para-hydroxylation sites is 1. The van der Waals surface area contributed by atoms with Crippen LogP contribution in [0.3, 0.4) is 0 Å². The molecule has 1 heterocycles. The molecule has 1 N–H and O–H groups in total. The van der Waals surface area contributed by atoms with Gasteiger partial charge in [0.05, 0.1) is 12.3 Å². The molecule has 0 spiro atoms. The Morgan fingerprint density at radius 3 is 2.45 bits per heavy atom. The monoisotopic (exact) mass is 349 g/mol. The van der Waals surface area contributed by atoms with Crippen LogP contribution in [0.1, 0.15) is 17.2 Å². The average molecular weight is 350 g/mol. The van der Waals surface area contributed by atoms with Gasteiger partial charge in [-0.05, 0) is 35.1 Å². The molecule has 2 aromatic rings. The van der Waals surface area contributed by atoms with Gasteiger partial charge in [0, 0.05) is 11.1 Å². The predicted molar refractivity (Wildman–Crippen MR) is 70.4 cm³/mol. The summed E-state index contributed by atoms with van der Waals surface area (Å²) in [7, 11) is 1.65. The quantitative estimate of drug-likeness (QED) is 0.895. The van der Waals surface area contributed by atoms with Gasteiger partial charge in [-0.15, -0.1) is 13.2 Å². The molecule has 20 heavy (non-hydrogen) atoms. The van der Waals surface area contributed by atoms with E-state index in [0.29, 0.717) is 15.8 Å². The first-order chi connectivity index (χ1) is 9.42. The molecule has 0 aliphatic carbocycles. The largest absolute Gasteiger partial charge is 0.573 e. The number of alkyl halides is 3. The minimum absolute atomic E-state index is 0.243. The molecule has 0 aliphatic heterocycles. The Labute approximate surface area is 121 Å². The SMILES string of the molecule is CNC(c1ccccc1OC(F)(F)F)c1ccoc1Br. The Hall–Kier alpha value is -1.47. The Morgan fingerprint density at radius 2 is 1.90 bits per heavy atom. The van der Waals surface area contributed by atoms with E-state index in [1.54, 1.807) is 25.2 Å². The molecule has 3 nitrogen and oxygen atoms in total. The Morgan fingerprint density at radius 1 is 1.20 bits per heavy atom. The van der Waals surface area contributed by atoms with Crippen molar-refractivity contribution in [2.24, 2.45) is 0 Å². The van der Waals surface area contributed by atoms with Gasteiger partial charge in [-0.3, -0.25) is 0 Å². The van der Waals surface area contributed by atoms with E-state index >= 15 is 0 Å². The molecule has 7 heteroatoms. The first kappa shape index (κ1) is 14.9. The summed E-state index contributed by atoms with van der Waals surface area (Å²) in [5.41, 5.74) is 1.06. The average Bonchev–Trinajstić information content (AvgIpc) is 2.77. The fraction of sp³-hybridized carbons (Fsp3) is 0.231. The van der Waals surface area contributed by atoms with Crippen molar-refractivity contribution < 1.29 is 22.3 Å². The second kappa shape index (κ2) is 5.88. The van der Waals surface area contributed by atoms with Crippen LogP contribution < -0.4 is 10.1 Å². The lowest BCUT2D eigenvalue weighted by atomic mass is 10.0. The molecule has 1 aromatic carbocycles. The third kappa shape index (κ3) is 3.34. The topological polar surface area (TPSA) is 34.4 Å². The van der Waals surface area contributed by atoms with Crippen LogP contribution >= 0.6 is 15.9 Å². The second-order valence-corrected chi connectivity index (χ2v) is 4.68. The molecule has 0 amide bonds. The van der Waals surface area contributed by atoms with Crippen LogP contribution in [-0.4, -0.2) is 13.4 Å². The highest BCUT2D eigenvalue weighted by Crippen LogP contribution is 2.36. The molecule has 0 radical (unpaired) electrons. The fourth-order valence-electron chi connectivity index (χ4n) is 1.93. The normalized spacial score (nSPS) is 13.2. The van der Waals surface area contributed by atoms with Crippen LogP contribution in [0.25, 0.3) is 0 Å². The van der Waals surface area contributed by atoms with Gasteiger partial charge < -0.3 is 14.5 Å². The number of hydrogen-bond donors (Lipinski definition) is 1. The molecule has 0 aliphatic rings. The van der Waals surface area contributed by atoms with Gasteiger partial charge in [-0.2, -0.15) is 0 Å². The molecule has 1 unspecified atom stereocenters. The maximum Gasteiger partial charge on any atom is 0.573 e. The molecule has 0 saturated heterocycles. The van der Waals surface area contributed by atoms with Crippen molar-refractivity contribution >= 4 is 15.9 Å². The molecule has 2 rings (SSSR count). The number of rotatable bonds is 4. The van der Waals surface area contributed by atoms with Gasteiger partial charge in [0.1, 0.15) is 5.75 Å². The van der Waals surface area contributed by atoms with Crippen molar-refractivity contribution in [3.05, 3.63) is 52.4 Å². The summed E-state index contributed by atoms with van der Waals surface area (Å²) in [6.07, 6.45) is -3.28. The van der Waals surface area contributed by atoms with E-state index in [1.165, 1.54) is 18.4 Å². The lowest BCUT2D eigenvalue weighted by Gasteiger charge is -2.20. The third-order valence-corrected chi connectivity index (χ3v) is 3.35. The number of hydrogen-bond acceptors (Lipinski definition) is 3. The number of ether oxygens (including phenoxy) is 1. The van der Waals surface area contributed by atoms with E-state index in [0.717, 1.165) is 0 Å². The van der Waals surface area contributed by atoms with Crippen LogP contribution in [0, 0.1) is 0 Å². The fourth-order valence-corrected chi connectivity index (χ4v) is 2.39. The van der Waals surface area contributed by atoms with Crippen molar-refractivity contribution in [2.45, 2.75) is 12.4 Å². The Balaban J connectivity index is 2.43. The van der Waals surface area contributed by atoms with Gasteiger partial charge in [0.15, 0.2) is 4.67 Å². The van der Waals surface area contributed by atoms with Crippen molar-refractivity contribution in [3.63, 3.8) is 0 Å². The summed E-state index contributed by atoms with van der Waals surface area (Å²) in [6.45, 7) is 0. The maximum absolute atomic E-state index is 12.4. The highest BCUT2D eigenvalue weighted by Gasteiger charge is 2.33. The summed E-state index contributed by atoms with van der Waals surface area (Å²) in [5.74, 6) is -0.243. The zero-order valence-electron chi connectivity index (χ0n) is 10.4. The van der Waals surface area contributed by atoms with E-state index < -0.39 is 12.4 Å². The number of nitrogens with one attached hydrogen (secondary N) is 1. The van der Waals surface area contributed by atoms with Crippen molar-refractivity contribution in [1.29, 1.82) is 0 Å². The maximum atomic E-state index is 12.4. The number of furan rings is 1. The number of benzene rings is 1. The molecule has 1 aromatic heterocycles. The summed E-state index contributed by atoms with van der Waals surface area (Å²) >= 11 is 3.22. The van der Waals surface area contributed by atoms with Crippen molar-refractivity contribution in [2.75, 3.05) is 7.05 Å². The summed E-state index contributed by atoms with van der Waals surface area (Å²) < 4.78 is 47.0. The van der Waals surface area contributed by atoms with Crippen LogP contribution in [0.4, 0.5) is 13.2 Å². The summed E-state index contributed by atoms with van der Waals surface area (Å²) in [5, 5.41) is 2.95. The first-order valence-corrected chi connectivity index (χ1v) is 6.46. The van der Waals surface area contributed by atoms with E-state index in [-0.39, 0.29) is 5.75 Å². The van der Waals surface area contributed by atoms with Crippen LogP contribution in [0.5, 0.6) is 5.75 Å². The molecule has 0 saturated carbocycles. The molecule has 0 fully saturated rings. The van der Waals surface area contributed by atoms with E-state index in [2.05, 4.69) is 26.0 Å². The van der Waals surface area contributed by atoms with Gasteiger partial charge in [-0.1, -0.05) is 18.2 Å². The lowest BCUT2D eigenvalue weighted by molar-refractivity contribution is -0.275. The minimum atomic E-state index is -4.73. The van der Waals surface area contributed by atoms with Gasteiger partial charge in [0.2, 0.25) is 0 Å². The van der Waals surface area contributed by atoms with Gasteiger partial charge in [0.25, 0.3) is 0 Å². The second-order valence-electron chi connectivity index (χ2n) is 3.96. The summed E-state index contributed by atoms with van der Waals surface area (Å²) in [4.78, 5) is 0. The molecular formula is C13H11BrF3NO2. The minimum Gasteiger partial charge on any atom is -0.457 e. The molecule has 108 valence electrons. The molecular weight excluding hydrogens is 339 g/mol.